The quantitative estimate of drug-likeness (QED) is 0.282. The van der Waals surface area contributed by atoms with Gasteiger partial charge >= 0.3 is 0 Å². The first kappa shape index (κ1) is 23.0. The van der Waals surface area contributed by atoms with E-state index in [2.05, 4.69) is 46.7 Å². The predicted molar refractivity (Wildman–Crippen MR) is 120 cm³/mol. The third-order valence-corrected chi connectivity index (χ3v) is 6.48. The molecule has 0 saturated carbocycles. The minimum atomic E-state index is -1.13. The Morgan fingerprint density at radius 1 is 0.483 bits per heavy atom. The van der Waals surface area contributed by atoms with Gasteiger partial charge in [0.15, 0.2) is 10.2 Å². The molecule has 0 amide bonds. The summed E-state index contributed by atoms with van der Waals surface area (Å²) < 4.78 is 19.7. The summed E-state index contributed by atoms with van der Waals surface area (Å²) in [4.78, 5) is 0. The monoisotopic (exact) mass is 415 g/mol. The van der Waals surface area contributed by atoms with E-state index in [0.29, 0.717) is 0 Å². The molecule has 3 radical (unpaired) electrons. The molecule has 0 bridgehead atoms. The van der Waals surface area contributed by atoms with Crippen LogP contribution in [0, 0.1) is 0 Å². The summed E-state index contributed by atoms with van der Waals surface area (Å²) in [6.07, 6.45) is 30.6. The van der Waals surface area contributed by atoms with Crippen molar-refractivity contribution in [2.24, 2.45) is 0 Å². The molecule has 3 unspecified atom stereocenters. The fraction of sp³-hybridized carbons (Fsp3) is 0.760. The van der Waals surface area contributed by atoms with Crippen LogP contribution in [0.1, 0.15) is 96.3 Å². The number of hydrogen-bond donors (Lipinski definition) is 0. The topological polar surface area (TPSA) is 27.7 Å². The van der Waals surface area contributed by atoms with Crippen LogP contribution < -0.4 is 0 Å². The van der Waals surface area contributed by atoms with E-state index in [9.17, 15) is 0 Å². The van der Waals surface area contributed by atoms with Crippen LogP contribution in [-0.2, 0) is 14.2 Å². The van der Waals surface area contributed by atoms with Gasteiger partial charge in [-0.15, -0.1) is 0 Å². The number of rotatable bonds is 6. The second-order valence-corrected chi connectivity index (χ2v) is 9.33. The van der Waals surface area contributed by atoms with Gasteiger partial charge in [-0.05, 0) is 96.3 Å². The predicted octanol–water partition coefficient (Wildman–Crippen LogP) is 6.48. The summed E-state index contributed by atoms with van der Waals surface area (Å²) in [6.45, 7) is 0. The zero-order valence-electron chi connectivity index (χ0n) is 18.0. The first-order chi connectivity index (χ1) is 14.2. The molecule has 3 nitrogen and oxygen atoms in total. The molecule has 0 spiro atoms. The van der Waals surface area contributed by atoms with E-state index < -0.39 is 5.60 Å². The van der Waals surface area contributed by atoms with Crippen LogP contribution in [0.2, 0.25) is 0 Å². The molecule has 0 aliphatic heterocycles. The molecule has 0 aromatic heterocycles. The van der Waals surface area contributed by atoms with Crippen LogP contribution in [0.25, 0.3) is 0 Å². The van der Waals surface area contributed by atoms with Crippen LogP contribution >= 0.6 is 0 Å². The smallest absolute Gasteiger partial charge is 0.249 e. The van der Waals surface area contributed by atoms with Crippen molar-refractivity contribution in [2.75, 3.05) is 0 Å². The Balaban J connectivity index is 1.66. The van der Waals surface area contributed by atoms with Gasteiger partial charge in [0.25, 0.3) is 0 Å². The van der Waals surface area contributed by atoms with E-state index in [1.807, 2.05) is 0 Å². The molecular weight excluding hydrogens is 376 g/mol. The maximum Gasteiger partial charge on any atom is 0.249 e. The standard InChI is InChI=1S/C25H39O3Si/c29-25(26-22-16-10-4-1-5-11-17-22,27-23-18-12-6-2-7-13-19-23)28-24-20-14-8-3-9-15-21-24/h1-4,6,8,22-24H,5,7,9-21H2/b4-1-,6-2-,8-3-. The van der Waals surface area contributed by atoms with Gasteiger partial charge in [-0.1, -0.05) is 36.5 Å². The molecule has 0 aromatic rings. The molecule has 0 saturated heterocycles. The number of hydrogen-bond acceptors (Lipinski definition) is 3. The highest BCUT2D eigenvalue weighted by Gasteiger charge is 2.36. The lowest BCUT2D eigenvalue weighted by Crippen LogP contribution is -2.48. The number of allylic oxidation sites excluding steroid dienone is 6. The molecule has 4 heteroatoms. The highest BCUT2D eigenvalue weighted by Crippen LogP contribution is 2.30. The second kappa shape index (κ2) is 12.9. The van der Waals surface area contributed by atoms with Gasteiger partial charge in [0, 0.05) is 0 Å². The van der Waals surface area contributed by atoms with E-state index in [0.717, 1.165) is 96.3 Å². The van der Waals surface area contributed by atoms with Crippen molar-refractivity contribution in [1.82, 2.24) is 0 Å². The maximum absolute atomic E-state index is 6.56. The van der Waals surface area contributed by atoms with Gasteiger partial charge in [0.1, 0.15) is 0 Å². The Hall–Kier alpha value is -0.683. The summed E-state index contributed by atoms with van der Waals surface area (Å²) in [5.74, 6) is 0. The summed E-state index contributed by atoms with van der Waals surface area (Å²) in [7, 11) is 3.87. The van der Waals surface area contributed by atoms with E-state index >= 15 is 0 Å². The SMILES string of the molecule is [Si]C(OC1CC/C=C\CCC1)(OC1CC/C=C\CCC1)OC1CC/C=C\CCC1. The zero-order chi connectivity index (χ0) is 20.2. The minimum Gasteiger partial charge on any atom is -0.329 e. The molecule has 3 aliphatic carbocycles. The van der Waals surface area contributed by atoms with Crippen molar-refractivity contribution in [3.63, 3.8) is 0 Å². The Labute approximate surface area is 181 Å². The lowest BCUT2D eigenvalue weighted by atomic mass is 10.0. The zero-order valence-corrected chi connectivity index (χ0v) is 19.0. The molecule has 3 aliphatic rings. The van der Waals surface area contributed by atoms with Gasteiger partial charge in [0.2, 0.25) is 5.60 Å². The van der Waals surface area contributed by atoms with Gasteiger partial charge in [-0.3, -0.25) is 0 Å². The van der Waals surface area contributed by atoms with Crippen LogP contribution in [0.5, 0.6) is 0 Å². The highest BCUT2D eigenvalue weighted by atomic mass is 28.1. The third kappa shape index (κ3) is 8.91. The van der Waals surface area contributed by atoms with Gasteiger partial charge in [-0.2, -0.15) is 0 Å². The van der Waals surface area contributed by atoms with Crippen molar-refractivity contribution < 1.29 is 14.2 Å². The first-order valence-corrected chi connectivity index (χ1v) is 12.5. The molecule has 0 aromatic carbocycles. The fourth-order valence-electron chi connectivity index (χ4n) is 4.47. The normalized spacial score (nSPS) is 34.9. The molecule has 3 rings (SSSR count). The summed E-state index contributed by atoms with van der Waals surface area (Å²) in [6, 6.07) is 0. The molecule has 29 heavy (non-hydrogen) atoms. The summed E-state index contributed by atoms with van der Waals surface area (Å²) in [5.41, 5.74) is -1.13. The largest absolute Gasteiger partial charge is 0.329 e. The van der Waals surface area contributed by atoms with Crippen LogP contribution in [0.15, 0.2) is 36.5 Å². The lowest BCUT2D eigenvalue weighted by molar-refractivity contribution is -0.370. The van der Waals surface area contributed by atoms with Crippen LogP contribution in [0.3, 0.4) is 0 Å². The highest BCUT2D eigenvalue weighted by molar-refractivity contribution is 6.12. The van der Waals surface area contributed by atoms with Gasteiger partial charge < -0.3 is 14.2 Å². The molecule has 161 valence electrons. The van der Waals surface area contributed by atoms with Gasteiger partial charge in [-0.25, -0.2) is 0 Å². The van der Waals surface area contributed by atoms with E-state index in [-0.39, 0.29) is 18.3 Å². The number of ether oxygens (including phenoxy) is 3. The summed E-state index contributed by atoms with van der Waals surface area (Å²) in [5, 5.41) is 0. The fourth-order valence-corrected chi connectivity index (χ4v) is 4.97. The Kier molecular flexibility index (Phi) is 10.2. The van der Waals surface area contributed by atoms with Crippen LogP contribution in [-0.4, -0.2) is 34.2 Å². The maximum atomic E-state index is 6.56. The van der Waals surface area contributed by atoms with E-state index in [4.69, 9.17) is 14.2 Å². The molecule has 0 N–H and O–H groups in total. The minimum absolute atomic E-state index is 0.166. The first-order valence-electron chi connectivity index (χ1n) is 12.0. The van der Waals surface area contributed by atoms with Crippen molar-refractivity contribution >= 4 is 10.2 Å². The van der Waals surface area contributed by atoms with Gasteiger partial charge in [0.05, 0.1) is 18.3 Å². The second-order valence-electron chi connectivity index (χ2n) is 8.71. The van der Waals surface area contributed by atoms with E-state index in [1.54, 1.807) is 0 Å². The Morgan fingerprint density at radius 3 is 1.14 bits per heavy atom. The Morgan fingerprint density at radius 2 is 0.793 bits per heavy atom. The molecule has 0 fully saturated rings. The molecular formula is C25H39O3Si. The average Bonchev–Trinajstić information content (AvgIpc) is 2.62. The average molecular weight is 416 g/mol. The lowest BCUT2D eigenvalue weighted by Gasteiger charge is -2.40. The van der Waals surface area contributed by atoms with E-state index in [1.165, 1.54) is 0 Å². The van der Waals surface area contributed by atoms with Crippen molar-refractivity contribution in [2.45, 2.75) is 120 Å². The third-order valence-electron chi connectivity index (χ3n) is 6.12. The van der Waals surface area contributed by atoms with Crippen molar-refractivity contribution in [1.29, 1.82) is 0 Å². The Bertz CT molecular complexity index is 468. The van der Waals surface area contributed by atoms with Crippen molar-refractivity contribution in [3.05, 3.63) is 36.5 Å². The molecule has 3 atom stereocenters. The van der Waals surface area contributed by atoms with Crippen molar-refractivity contribution in [3.8, 4) is 0 Å². The molecule has 0 heterocycles. The summed E-state index contributed by atoms with van der Waals surface area (Å²) >= 11 is 0. The van der Waals surface area contributed by atoms with Crippen LogP contribution in [0.4, 0.5) is 0 Å².